The van der Waals surface area contributed by atoms with Crippen molar-refractivity contribution in [1.29, 1.82) is 0 Å². The average Bonchev–Trinajstić information content (AvgIpc) is 2.15. The van der Waals surface area contributed by atoms with Crippen molar-refractivity contribution < 1.29 is 9.53 Å². The molecule has 0 aliphatic carbocycles. The normalized spacial score (nSPS) is 14.6. The topological polar surface area (TPSA) is 29.5 Å². The second-order valence-electron chi connectivity index (χ2n) is 5.79. The fourth-order valence-electron chi connectivity index (χ4n) is 1.07. The third-order valence-corrected chi connectivity index (χ3v) is 7.87. The van der Waals surface area contributed by atoms with Crippen molar-refractivity contribution in [3.8, 4) is 12.3 Å². The molecule has 0 spiro atoms. The van der Waals surface area contributed by atoms with Gasteiger partial charge in [-0.1, -0.05) is 26.7 Å². The van der Waals surface area contributed by atoms with Crippen LogP contribution >= 0.6 is 0 Å². The van der Waals surface area contributed by atoms with Gasteiger partial charge in [0.05, 0.1) is 0 Å². The molecule has 0 bridgehead atoms. The van der Waals surface area contributed by atoms with Crippen LogP contribution in [-0.2, 0) is 4.43 Å². The molecule has 2 nitrogen and oxygen atoms in total. The maximum Gasteiger partial charge on any atom is 0.191 e. The third kappa shape index (κ3) is 5.69. The lowest BCUT2D eigenvalue weighted by Crippen LogP contribution is -2.40. The first-order valence-electron chi connectivity index (χ1n) is 5.99. The summed E-state index contributed by atoms with van der Waals surface area (Å²) in [5.74, 6) is 2.32. The molecule has 0 saturated carbocycles. The lowest BCUT2D eigenvalue weighted by molar-refractivity contribution is 0.209. The monoisotopic (exact) mass is 242 g/mol. The molecular formula is C13H26O2Si. The molecule has 0 fully saturated rings. The highest BCUT2D eigenvalue weighted by Gasteiger charge is 2.36. The van der Waals surface area contributed by atoms with Crippen LogP contribution in [0.1, 0.15) is 40.0 Å². The van der Waals surface area contributed by atoms with Gasteiger partial charge in [-0.3, -0.25) is 0 Å². The molecule has 3 heteroatoms. The van der Waals surface area contributed by atoms with Gasteiger partial charge in [0.2, 0.25) is 0 Å². The number of terminal acetylenes is 1. The van der Waals surface area contributed by atoms with E-state index >= 15 is 0 Å². The highest BCUT2D eigenvalue weighted by Crippen LogP contribution is 2.36. The number of hydrogen-bond acceptors (Lipinski definition) is 2. The molecule has 1 atom stereocenters. The molecule has 0 aromatic carbocycles. The summed E-state index contributed by atoms with van der Waals surface area (Å²) < 4.78 is 6.01. The quantitative estimate of drug-likeness (QED) is 0.440. The number of aliphatic hydroxyl groups is 1. The molecule has 0 radical (unpaired) electrons. The van der Waals surface area contributed by atoms with Crippen LogP contribution < -0.4 is 0 Å². The van der Waals surface area contributed by atoms with Crippen LogP contribution in [0.5, 0.6) is 0 Å². The van der Waals surface area contributed by atoms with Gasteiger partial charge in [-0.2, -0.15) is 0 Å². The SMILES string of the molecule is C#C[C@@H](O)CCCCO[Si](C)(C)C(C)(C)C. The molecular weight excluding hydrogens is 216 g/mol. The van der Waals surface area contributed by atoms with Crippen LogP contribution in [0.3, 0.4) is 0 Å². The number of unbranched alkanes of at least 4 members (excludes halogenated alkanes) is 1. The fourth-order valence-corrected chi connectivity index (χ4v) is 2.15. The highest BCUT2D eigenvalue weighted by molar-refractivity contribution is 6.74. The Morgan fingerprint density at radius 2 is 1.88 bits per heavy atom. The van der Waals surface area contributed by atoms with Crippen LogP contribution in [-0.4, -0.2) is 26.1 Å². The largest absolute Gasteiger partial charge is 0.417 e. The van der Waals surface area contributed by atoms with Crippen LogP contribution in [0.4, 0.5) is 0 Å². The zero-order chi connectivity index (χ0) is 12.8. The third-order valence-electron chi connectivity index (χ3n) is 3.33. The first-order chi connectivity index (χ1) is 7.20. The second kappa shape index (κ2) is 6.44. The molecule has 0 aromatic rings. The predicted octanol–water partition coefficient (Wildman–Crippen LogP) is 3.17. The first-order valence-corrected chi connectivity index (χ1v) is 8.89. The van der Waals surface area contributed by atoms with E-state index in [9.17, 15) is 5.11 Å². The number of rotatable bonds is 6. The summed E-state index contributed by atoms with van der Waals surface area (Å²) in [4.78, 5) is 0. The van der Waals surface area contributed by atoms with Gasteiger partial charge in [-0.25, -0.2) is 0 Å². The predicted molar refractivity (Wildman–Crippen MR) is 71.8 cm³/mol. The van der Waals surface area contributed by atoms with E-state index in [0.29, 0.717) is 6.42 Å². The second-order valence-corrected chi connectivity index (χ2v) is 10.6. The van der Waals surface area contributed by atoms with Gasteiger partial charge >= 0.3 is 0 Å². The van der Waals surface area contributed by atoms with Crippen LogP contribution in [0.15, 0.2) is 0 Å². The zero-order valence-corrected chi connectivity index (χ0v) is 12.3. The Kier molecular flexibility index (Phi) is 6.31. The summed E-state index contributed by atoms with van der Waals surface area (Å²) in [5, 5.41) is 9.45. The standard InChI is InChI=1S/C13H26O2Si/c1-7-12(14)10-8-9-11-15-16(5,6)13(2,3)4/h1,12,14H,8-11H2,2-6H3/t12-/m1/s1. The van der Waals surface area contributed by atoms with Gasteiger partial charge in [0.1, 0.15) is 6.10 Å². The Labute approximate surface area is 102 Å². The molecule has 0 saturated heterocycles. The van der Waals surface area contributed by atoms with Gasteiger partial charge in [0, 0.05) is 6.61 Å². The maximum atomic E-state index is 9.18. The lowest BCUT2D eigenvalue weighted by atomic mass is 10.2. The molecule has 0 aromatic heterocycles. The summed E-state index contributed by atoms with van der Waals surface area (Å²) in [7, 11) is -1.59. The van der Waals surface area contributed by atoms with Crippen molar-refractivity contribution in [3.05, 3.63) is 0 Å². The van der Waals surface area contributed by atoms with E-state index < -0.39 is 14.4 Å². The Bertz CT molecular complexity index is 235. The molecule has 94 valence electrons. The van der Waals surface area contributed by atoms with Crippen LogP contribution in [0.2, 0.25) is 18.1 Å². The van der Waals surface area contributed by atoms with Gasteiger partial charge in [-0.15, -0.1) is 6.42 Å². The Morgan fingerprint density at radius 3 is 2.31 bits per heavy atom. The van der Waals surface area contributed by atoms with E-state index in [-0.39, 0.29) is 5.04 Å². The molecule has 16 heavy (non-hydrogen) atoms. The van der Waals surface area contributed by atoms with E-state index in [1.165, 1.54) is 0 Å². The van der Waals surface area contributed by atoms with Crippen LogP contribution in [0.25, 0.3) is 0 Å². The van der Waals surface area contributed by atoms with Gasteiger partial charge in [-0.05, 0) is 37.4 Å². The number of hydrogen-bond donors (Lipinski definition) is 1. The molecule has 0 heterocycles. The Morgan fingerprint density at radius 1 is 1.31 bits per heavy atom. The first kappa shape index (κ1) is 15.7. The minimum atomic E-state index is -1.59. The molecule has 0 amide bonds. The molecule has 0 aliphatic rings. The summed E-state index contributed by atoms with van der Waals surface area (Å²) in [5.41, 5.74) is 0. The zero-order valence-electron chi connectivity index (χ0n) is 11.3. The van der Waals surface area contributed by atoms with Crippen molar-refractivity contribution in [2.24, 2.45) is 0 Å². The summed E-state index contributed by atoms with van der Waals surface area (Å²) in [6.45, 7) is 12.0. The summed E-state index contributed by atoms with van der Waals surface area (Å²) in [6, 6.07) is 0. The smallest absolute Gasteiger partial charge is 0.191 e. The van der Waals surface area contributed by atoms with Crippen molar-refractivity contribution in [2.75, 3.05) is 6.61 Å². The molecule has 1 N–H and O–H groups in total. The van der Waals surface area contributed by atoms with Crippen LogP contribution in [0, 0.1) is 12.3 Å². The molecule has 0 aliphatic heterocycles. The fraction of sp³-hybridized carbons (Fsp3) is 0.846. The summed E-state index contributed by atoms with van der Waals surface area (Å²) >= 11 is 0. The van der Waals surface area contributed by atoms with E-state index in [2.05, 4.69) is 39.8 Å². The Balaban J connectivity index is 3.72. The lowest BCUT2D eigenvalue weighted by Gasteiger charge is -2.36. The highest BCUT2D eigenvalue weighted by atomic mass is 28.4. The van der Waals surface area contributed by atoms with Gasteiger partial charge in [0.15, 0.2) is 8.32 Å². The minimum absolute atomic E-state index is 0.269. The molecule has 0 unspecified atom stereocenters. The Hall–Kier alpha value is -0.303. The maximum absolute atomic E-state index is 9.18. The summed E-state index contributed by atoms with van der Waals surface area (Å²) in [6.07, 6.45) is 7.08. The minimum Gasteiger partial charge on any atom is -0.417 e. The molecule has 0 rings (SSSR count). The van der Waals surface area contributed by atoms with Gasteiger partial charge in [0.25, 0.3) is 0 Å². The van der Waals surface area contributed by atoms with Crippen molar-refractivity contribution in [3.63, 3.8) is 0 Å². The van der Waals surface area contributed by atoms with E-state index in [0.717, 1.165) is 19.4 Å². The van der Waals surface area contributed by atoms with Crippen molar-refractivity contribution in [2.45, 2.75) is 64.3 Å². The number of aliphatic hydroxyl groups excluding tert-OH is 1. The average molecular weight is 242 g/mol. The van der Waals surface area contributed by atoms with E-state index in [1.807, 2.05) is 0 Å². The van der Waals surface area contributed by atoms with Gasteiger partial charge < -0.3 is 9.53 Å². The van der Waals surface area contributed by atoms with Crippen molar-refractivity contribution >= 4 is 8.32 Å². The van der Waals surface area contributed by atoms with E-state index in [1.54, 1.807) is 0 Å². The van der Waals surface area contributed by atoms with Crippen molar-refractivity contribution in [1.82, 2.24) is 0 Å². The van der Waals surface area contributed by atoms with E-state index in [4.69, 9.17) is 10.8 Å².